The summed E-state index contributed by atoms with van der Waals surface area (Å²) in [7, 11) is 0. The predicted molar refractivity (Wildman–Crippen MR) is 102 cm³/mol. The van der Waals surface area contributed by atoms with E-state index in [4.69, 9.17) is 0 Å². The van der Waals surface area contributed by atoms with Crippen LogP contribution in [0.2, 0.25) is 0 Å². The number of benzene rings is 1. The van der Waals surface area contributed by atoms with E-state index in [-0.39, 0.29) is 11.8 Å². The number of rotatable bonds is 6. The quantitative estimate of drug-likeness (QED) is 0.740. The Bertz CT molecular complexity index is 790. The Balaban J connectivity index is 1.56. The molecule has 1 saturated heterocycles. The number of anilines is 1. The van der Waals surface area contributed by atoms with Gasteiger partial charge in [0.05, 0.1) is 9.96 Å². The number of likely N-dealkylation sites (tertiary alicyclic amines) is 1. The molecule has 1 fully saturated rings. The largest absolute Gasteiger partial charge is 0.480 e. The molecule has 0 aliphatic carbocycles. The van der Waals surface area contributed by atoms with Crippen LogP contribution in [0.15, 0.2) is 46.0 Å². The zero-order valence-corrected chi connectivity index (χ0v) is 15.5. The maximum atomic E-state index is 12.5. The van der Waals surface area contributed by atoms with Gasteiger partial charge in [0.25, 0.3) is 5.91 Å². The highest BCUT2D eigenvalue weighted by Crippen LogP contribution is 2.24. The van der Waals surface area contributed by atoms with Crippen LogP contribution in [0.1, 0.15) is 23.2 Å². The third-order valence-electron chi connectivity index (χ3n) is 4.05. The van der Waals surface area contributed by atoms with E-state index in [9.17, 15) is 19.5 Å². The van der Waals surface area contributed by atoms with Crippen LogP contribution < -0.4 is 5.32 Å². The smallest absolute Gasteiger partial charge is 0.326 e. The van der Waals surface area contributed by atoms with Crippen molar-refractivity contribution in [2.75, 3.05) is 17.6 Å². The Morgan fingerprint density at radius 3 is 2.65 bits per heavy atom. The summed E-state index contributed by atoms with van der Waals surface area (Å²) in [6.45, 7) is 0.453. The minimum absolute atomic E-state index is 0.118. The number of carboxylic acids is 1. The van der Waals surface area contributed by atoms with Gasteiger partial charge in [-0.3, -0.25) is 9.59 Å². The summed E-state index contributed by atoms with van der Waals surface area (Å²) in [5.74, 6) is -1.06. The molecule has 6 nitrogen and oxygen atoms in total. The Hall–Kier alpha value is -2.32. The van der Waals surface area contributed by atoms with Crippen molar-refractivity contribution in [3.63, 3.8) is 0 Å². The minimum Gasteiger partial charge on any atom is -0.480 e. The molecule has 2 N–H and O–H groups in total. The van der Waals surface area contributed by atoms with E-state index < -0.39 is 12.0 Å². The normalized spacial score (nSPS) is 16.5. The molecule has 8 heteroatoms. The van der Waals surface area contributed by atoms with Gasteiger partial charge in [-0.25, -0.2) is 4.79 Å². The monoisotopic (exact) mass is 390 g/mol. The van der Waals surface area contributed by atoms with Crippen molar-refractivity contribution >= 4 is 46.6 Å². The van der Waals surface area contributed by atoms with Crippen LogP contribution >= 0.6 is 23.1 Å². The number of nitrogens with one attached hydrogen (secondary N) is 1. The lowest BCUT2D eigenvalue weighted by Crippen LogP contribution is -2.40. The molecule has 1 aromatic heterocycles. The number of hydrogen-bond acceptors (Lipinski definition) is 5. The summed E-state index contributed by atoms with van der Waals surface area (Å²) in [4.78, 5) is 37.1. The van der Waals surface area contributed by atoms with Crippen molar-refractivity contribution in [3.8, 4) is 0 Å². The molecule has 3 rings (SSSR count). The van der Waals surface area contributed by atoms with Crippen molar-refractivity contribution in [1.29, 1.82) is 0 Å². The number of thiophene rings is 1. The molecule has 26 heavy (non-hydrogen) atoms. The van der Waals surface area contributed by atoms with Crippen molar-refractivity contribution in [1.82, 2.24) is 4.90 Å². The van der Waals surface area contributed by atoms with E-state index in [1.165, 1.54) is 16.7 Å². The van der Waals surface area contributed by atoms with E-state index in [2.05, 4.69) is 5.32 Å². The minimum atomic E-state index is -0.969. The molecule has 2 heterocycles. The van der Waals surface area contributed by atoms with Gasteiger partial charge in [0.1, 0.15) is 6.04 Å². The lowest BCUT2D eigenvalue weighted by molar-refractivity contribution is -0.141. The first kappa shape index (κ1) is 18.5. The van der Waals surface area contributed by atoms with Gasteiger partial charge in [0, 0.05) is 17.8 Å². The van der Waals surface area contributed by atoms with E-state index in [0.717, 1.165) is 4.21 Å². The topological polar surface area (TPSA) is 86.7 Å². The lowest BCUT2D eigenvalue weighted by Gasteiger charge is -2.21. The average Bonchev–Trinajstić information content (AvgIpc) is 3.31. The maximum Gasteiger partial charge on any atom is 0.326 e. The third kappa shape index (κ3) is 4.44. The summed E-state index contributed by atoms with van der Waals surface area (Å²) in [6.07, 6.45) is 1.18. The molecular formula is C18H18N2O4S2. The number of thioether (sulfide) groups is 1. The number of nitrogens with zero attached hydrogens (tertiary/aromatic N) is 1. The fraction of sp³-hybridized carbons (Fsp3) is 0.278. The fourth-order valence-electron chi connectivity index (χ4n) is 2.81. The van der Waals surface area contributed by atoms with Gasteiger partial charge >= 0.3 is 5.97 Å². The zero-order valence-electron chi connectivity index (χ0n) is 13.9. The van der Waals surface area contributed by atoms with Crippen molar-refractivity contribution in [2.24, 2.45) is 0 Å². The van der Waals surface area contributed by atoms with Crippen LogP contribution in [-0.2, 0) is 9.59 Å². The molecular weight excluding hydrogens is 372 g/mol. The summed E-state index contributed by atoms with van der Waals surface area (Å²) in [5, 5.41) is 14.0. The second kappa shape index (κ2) is 8.37. The SMILES string of the molecule is O=C(CSc1cccs1)Nc1ccc(C(=O)N2CCC[C@@H]2C(=O)O)cc1. The van der Waals surface area contributed by atoms with E-state index >= 15 is 0 Å². The molecule has 2 amide bonds. The molecule has 1 aliphatic rings. The molecule has 1 atom stereocenters. The van der Waals surface area contributed by atoms with Gasteiger partial charge in [-0.1, -0.05) is 6.07 Å². The summed E-state index contributed by atoms with van der Waals surface area (Å²) < 4.78 is 1.08. The van der Waals surface area contributed by atoms with E-state index in [1.54, 1.807) is 35.6 Å². The van der Waals surface area contributed by atoms with Crippen molar-refractivity contribution < 1.29 is 19.5 Å². The zero-order chi connectivity index (χ0) is 18.5. The molecule has 0 spiro atoms. The Kier molecular flexibility index (Phi) is 5.95. The number of carboxylic acid groups (broad SMARTS) is 1. The second-order valence-electron chi connectivity index (χ2n) is 5.84. The van der Waals surface area contributed by atoms with Crippen LogP contribution in [0.5, 0.6) is 0 Å². The van der Waals surface area contributed by atoms with Crippen LogP contribution in [-0.4, -0.2) is 46.1 Å². The molecule has 0 saturated carbocycles. The Morgan fingerprint density at radius 2 is 2.00 bits per heavy atom. The van der Waals surface area contributed by atoms with Gasteiger partial charge in [-0.2, -0.15) is 0 Å². The summed E-state index contributed by atoms with van der Waals surface area (Å²) in [5.41, 5.74) is 1.03. The number of carbonyl (C=O) groups is 3. The average molecular weight is 390 g/mol. The van der Waals surface area contributed by atoms with Crippen LogP contribution in [0.4, 0.5) is 5.69 Å². The molecule has 0 radical (unpaired) electrons. The van der Waals surface area contributed by atoms with Gasteiger partial charge in [-0.05, 0) is 48.6 Å². The van der Waals surface area contributed by atoms with Crippen LogP contribution in [0.25, 0.3) is 0 Å². The highest BCUT2D eigenvalue weighted by atomic mass is 32.2. The Labute approximate surface area is 159 Å². The van der Waals surface area contributed by atoms with Gasteiger partial charge in [-0.15, -0.1) is 23.1 Å². The van der Waals surface area contributed by atoms with E-state index in [0.29, 0.717) is 36.4 Å². The van der Waals surface area contributed by atoms with E-state index in [1.807, 2.05) is 17.5 Å². The molecule has 2 aromatic rings. The molecule has 1 aromatic carbocycles. The van der Waals surface area contributed by atoms with Crippen LogP contribution in [0.3, 0.4) is 0 Å². The van der Waals surface area contributed by atoms with Crippen molar-refractivity contribution in [3.05, 3.63) is 47.3 Å². The standard InChI is InChI=1S/C18H18N2O4S2/c21-15(11-26-16-4-2-10-25-16)19-13-7-5-12(6-8-13)17(22)20-9-1-3-14(20)18(23)24/h2,4-8,10,14H,1,3,9,11H2,(H,19,21)(H,23,24)/t14-/m1/s1. The third-order valence-corrected chi connectivity index (χ3v) is 6.19. The van der Waals surface area contributed by atoms with Crippen LogP contribution in [0, 0.1) is 0 Å². The maximum absolute atomic E-state index is 12.5. The highest BCUT2D eigenvalue weighted by Gasteiger charge is 2.34. The lowest BCUT2D eigenvalue weighted by atomic mass is 10.1. The predicted octanol–water partition coefficient (Wildman–Crippen LogP) is 3.17. The molecule has 0 unspecified atom stereocenters. The van der Waals surface area contributed by atoms with Crippen molar-refractivity contribution in [2.45, 2.75) is 23.1 Å². The van der Waals surface area contributed by atoms with Gasteiger partial charge < -0.3 is 15.3 Å². The summed E-state index contributed by atoms with van der Waals surface area (Å²) >= 11 is 3.06. The molecule has 1 aliphatic heterocycles. The molecule has 0 bridgehead atoms. The number of carbonyl (C=O) groups excluding carboxylic acids is 2. The number of hydrogen-bond donors (Lipinski definition) is 2. The molecule has 136 valence electrons. The fourth-order valence-corrected chi connectivity index (χ4v) is 4.39. The first-order valence-electron chi connectivity index (χ1n) is 8.14. The van der Waals surface area contributed by atoms with Gasteiger partial charge in [0.2, 0.25) is 5.91 Å². The highest BCUT2D eigenvalue weighted by molar-refractivity contribution is 8.01. The van der Waals surface area contributed by atoms with Gasteiger partial charge in [0.15, 0.2) is 0 Å². The number of amides is 2. The first-order chi connectivity index (χ1) is 12.5. The second-order valence-corrected chi connectivity index (χ2v) is 8.06. The number of aliphatic carboxylic acids is 1. The first-order valence-corrected chi connectivity index (χ1v) is 10.0. The Morgan fingerprint density at radius 1 is 1.23 bits per heavy atom. The summed E-state index contributed by atoms with van der Waals surface area (Å²) in [6, 6.07) is 9.70.